The van der Waals surface area contributed by atoms with E-state index in [2.05, 4.69) is 4.98 Å². The van der Waals surface area contributed by atoms with Gasteiger partial charge in [-0.2, -0.15) is 5.26 Å². The number of esters is 1. The van der Waals surface area contributed by atoms with Crippen LogP contribution in [0.1, 0.15) is 28.5 Å². The molecule has 106 valence electrons. The standard InChI is InChI=1S/C14H17N3O3/c1-3-20-14(18)12-8-11(9-15)10(2)16-13(12)17-4-6-19-7-5-17/h8H,3-7H2,1-2H3. The highest BCUT2D eigenvalue weighted by molar-refractivity contribution is 5.95. The zero-order valence-corrected chi connectivity index (χ0v) is 11.7. The number of carbonyl (C=O) groups is 1. The summed E-state index contributed by atoms with van der Waals surface area (Å²) in [5.41, 5.74) is 1.35. The van der Waals surface area contributed by atoms with Crippen LogP contribution in [0, 0.1) is 18.3 Å². The molecule has 0 spiro atoms. The van der Waals surface area contributed by atoms with Crippen LogP contribution in [0.2, 0.25) is 0 Å². The highest BCUT2D eigenvalue weighted by atomic mass is 16.5. The molecule has 0 saturated carbocycles. The number of rotatable bonds is 3. The van der Waals surface area contributed by atoms with E-state index in [9.17, 15) is 4.79 Å². The molecule has 1 aromatic rings. The molecule has 2 heterocycles. The molecule has 1 aliphatic heterocycles. The minimum absolute atomic E-state index is 0.289. The summed E-state index contributed by atoms with van der Waals surface area (Å²) in [5.74, 6) is 0.126. The van der Waals surface area contributed by atoms with Gasteiger partial charge in [0.15, 0.2) is 0 Å². The van der Waals surface area contributed by atoms with Crippen LogP contribution in [0.5, 0.6) is 0 Å². The quantitative estimate of drug-likeness (QED) is 0.773. The Morgan fingerprint density at radius 3 is 2.85 bits per heavy atom. The van der Waals surface area contributed by atoms with Gasteiger partial charge in [-0.1, -0.05) is 0 Å². The summed E-state index contributed by atoms with van der Waals surface area (Å²) in [5, 5.41) is 9.08. The third-order valence-corrected chi connectivity index (χ3v) is 3.12. The molecule has 0 aliphatic carbocycles. The number of carbonyl (C=O) groups excluding carboxylic acids is 1. The van der Waals surface area contributed by atoms with Crippen molar-refractivity contribution in [2.24, 2.45) is 0 Å². The first kappa shape index (κ1) is 14.3. The van der Waals surface area contributed by atoms with Crippen molar-refractivity contribution in [3.63, 3.8) is 0 Å². The number of nitrogens with zero attached hydrogens (tertiary/aromatic N) is 3. The van der Waals surface area contributed by atoms with Crippen LogP contribution in [0.4, 0.5) is 5.82 Å². The van der Waals surface area contributed by atoms with Crippen LogP contribution in [0.15, 0.2) is 6.07 Å². The van der Waals surface area contributed by atoms with Crippen molar-refractivity contribution in [3.8, 4) is 6.07 Å². The summed E-state index contributed by atoms with van der Waals surface area (Å²) in [4.78, 5) is 18.5. The Kier molecular flexibility index (Phi) is 4.53. The fourth-order valence-electron chi connectivity index (χ4n) is 2.08. The van der Waals surface area contributed by atoms with Gasteiger partial charge in [-0.05, 0) is 19.9 Å². The van der Waals surface area contributed by atoms with Crippen molar-refractivity contribution in [2.75, 3.05) is 37.8 Å². The molecule has 6 nitrogen and oxygen atoms in total. The minimum Gasteiger partial charge on any atom is -0.462 e. The second-order valence-electron chi connectivity index (χ2n) is 4.42. The Hall–Kier alpha value is -2.13. The van der Waals surface area contributed by atoms with Gasteiger partial charge in [0.25, 0.3) is 0 Å². The van der Waals surface area contributed by atoms with E-state index in [4.69, 9.17) is 14.7 Å². The topological polar surface area (TPSA) is 75.5 Å². The van der Waals surface area contributed by atoms with Crippen LogP contribution in [-0.2, 0) is 9.47 Å². The lowest BCUT2D eigenvalue weighted by molar-refractivity contribution is 0.0525. The van der Waals surface area contributed by atoms with Crippen LogP contribution in [0.25, 0.3) is 0 Å². The van der Waals surface area contributed by atoms with Gasteiger partial charge < -0.3 is 14.4 Å². The van der Waals surface area contributed by atoms with Crippen LogP contribution in [0.3, 0.4) is 0 Å². The van der Waals surface area contributed by atoms with Gasteiger partial charge in [-0.15, -0.1) is 0 Å². The lowest BCUT2D eigenvalue weighted by Crippen LogP contribution is -2.38. The van der Waals surface area contributed by atoms with Gasteiger partial charge in [0.2, 0.25) is 0 Å². The fraction of sp³-hybridized carbons (Fsp3) is 0.500. The normalized spacial score (nSPS) is 14.8. The lowest BCUT2D eigenvalue weighted by Gasteiger charge is -2.29. The van der Waals surface area contributed by atoms with Gasteiger partial charge in [0, 0.05) is 13.1 Å². The molecule has 1 saturated heterocycles. The van der Waals surface area contributed by atoms with Crippen molar-refractivity contribution in [1.29, 1.82) is 5.26 Å². The zero-order chi connectivity index (χ0) is 14.5. The maximum Gasteiger partial charge on any atom is 0.341 e. The zero-order valence-electron chi connectivity index (χ0n) is 11.7. The Labute approximate surface area is 117 Å². The van der Waals surface area contributed by atoms with Crippen molar-refractivity contribution < 1.29 is 14.3 Å². The lowest BCUT2D eigenvalue weighted by atomic mass is 10.1. The number of hydrogen-bond acceptors (Lipinski definition) is 6. The Morgan fingerprint density at radius 1 is 1.55 bits per heavy atom. The molecule has 0 amide bonds. The predicted molar refractivity (Wildman–Crippen MR) is 72.7 cm³/mol. The smallest absolute Gasteiger partial charge is 0.341 e. The first-order valence-corrected chi connectivity index (χ1v) is 6.59. The molecule has 0 radical (unpaired) electrons. The molecule has 1 aliphatic rings. The van der Waals surface area contributed by atoms with Crippen LogP contribution < -0.4 is 4.90 Å². The number of nitriles is 1. The number of aryl methyl sites for hydroxylation is 1. The molecule has 6 heteroatoms. The second-order valence-corrected chi connectivity index (χ2v) is 4.42. The van der Waals surface area contributed by atoms with Gasteiger partial charge in [-0.3, -0.25) is 0 Å². The second kappa shape index (κ2) is 6.35. The van der Waals surface area contributed by atoms with Crippen molar-refractivity contribution >= 4 is 11.8 Å². The first-order valence-electron chi connectivity index (χ1n) is 6.59. The number of pyridine rings is 1. The van der Waals surface area contributed by atoms with E-state index in [0.29, 0.717) is 48.9 Å². The van der Waals surface area contributed by atoms with E-state index in [-0.39, 0.29) is 6.61 Å². The van der Waals surface area contributed by atoms with Gasteiger partial charge in [-0.25, -0.2) is 9.78 Å². The molecule has 0 atom stereocenters. The molecule has 20 heavy (non-hydrogen) atoms. The minimum atomic E-state index is -0.446. The Bertz CT molecular complexity index is 545. The maximum absolute atomic E-state index is 12.1. The predicted octanol–water partition coefficient (Wildman–Crippen LogP) is 1.27. The van der Waals surface area contributed by atoms with Crippen LogP contribution >= 0.6 is 0 Å². The molecule has 0 bridgehead atoms. The van der Waals surface area contributed by atoms with Crippen molar-refractivity contribution in [2.45, 2.75) is 13.8 Å². The number of aromatic nitrogens is 1. The molecule has 1 fully saturated rings. The molecular weight excluding hydrogens is 258 g/mol. The molecule has 0 aromatic carbocycles. The Balaban J connectivity index is 2.44. The first-order chi connectivity index (χ1) is 9.67. The van der Waals surface area contributed by atoms with Gasteiger partial charge in [0.1, 0.15) is 17.5 Å². The summed E-state index contributed by atoms with van der Waals surface area (Å²) in [6.45, 7) is 6.34. The number of hydrogen-bond donors (Lipinski definition) is 0. The summed E-state index contributed by atoms with van der Waals surface area (Å²) in [7, 11) is 0. The summed E-state index contributed by atoms with van der Waals surface area (Å²) in [6, 6.07) is 3.61. The largest absolute Gasteiger partial charge is 0.462 e. The van der Waals surface area contributed by atoms with E-state index in [1.165, 1.54) is 0 Å². The maximum atomic E-state index is 12.1. The van der Waals surface area contributed by atoms with Crippen molar-refractivity contribution in [1.82, 2.24) is 4.98 Å². The molecule has 0 N–H and O–H groups in total. The van der Waals surface area contributed by atoms with E-state index >= 15 is 0 Å². The van der Waals surface area contributed by atoms with E-state index < -0.39 is 5.97 Å². The summed E-state index contributed by atoms with van der Waals surface area (Å²) >= 11 is 0. The van der Waals surface area contributed by atoms with E-state index in [1.807, 2.05) is 11.0 Å². The van der Waals surface area contributed by atoms with Crippen molar-refractivity contribution in [3.05, 3.63) is 22.9 Å². The summed E-state index contributed by atoms with van der Waals surface area (Å²) < 4.78 is 10.4. The molecular formula is C14H17N3O3. The fourth-order valence-corrected chi connectivity index (χ4v) is 2.08. The molecule has 1 aromatic heterocycles. The third-order valence-electron chi connectivity index (χ3n) is 3.12. The van der Waals surface area contributed by atoms with Crippen LogP contribution in [-0.4, -0.2) is 43.9 Å². The van der Waals surface area contributed by atoms with Gasteiger partial charge in [0.05, 0.1) is 31.1 Å². The monoisotopic (exact) mass is 275 g/mol. The third kappa shape index (κ3) is 2.89. The number of ether oxygens (including phenoxy) is 2. The number of morpholine rings is 1. The highest BCUT2D eigenvalue weighted by Crippen LogP contribution is 2.23. The van der Waals surface area contributed by atoms with Gasteiger partial charge >= 0.3 is 5.97 Å². The van der Waals surface area contributed by atoms with E-state index in [1.54, 1.807) is 19.9 Å². The average molecular weight is 275 g/mol. The Morgan fingerprint density at radius 2 is 2.25 bits per heavy atom. The SMILES string of the molecule is CCOC(=O)c1cc(C#N)c(C)nc1N1CCOCC1. The molecule has 0 unspecified atom stereocenters. The molecule has 2 rings (SSSR count). The van der Waals surface area contributed by atoms with E-state index in [0.717, 1.165) is 0 Å². The summed E-state index contributed by atoms with van der Waals surface area (Å²) in [6.07, 6.45) is 0. The average Bonchev–Trinajstić information content (AvgIpc) is 2.48. The highest BCUT2D eigenvalue weighted by Gasteiger charge is 2.23. The number of anilines is 1.